The number of hydrogen-bond acceptors (Lipinski definition) is 17. The standard InChI is InChI=1S/C90H128N12O10S2/c1-53(15-29-79(103)109-41-11-7-9-13-77-83-73(51-113-77)92-85(107)94-83)65-25-27-67-63-23-19-57-45-59(31-35-87(57,3)69(63)33-37-89(65,67)5)111-81(105)49-100-47-71(96-98-100)55-17-21-61-62-22-18-56(44-76(62)102(40-39-91)75(61)43-55)72-48-101(99-97-72)50-82(106)112-60-32-36-88(4)58(46-60)20-24-64-68-28-26-66(90(68,6)38-34-70(64)88)54(2)16-30-80(104)110-42-12-8-10-14-78-84-74(52-114-78)93-86(108)95-84/h17-18,21-22,43-44,47-48,53-54,57-60,63-70,73-74,77-78,83-84H,7-16,19-20,23-42,45-46,49-52,91H2,1-6H3,(H2,92,94,107)(H2,93,95,108)/t53-,54-,57-,58+,59-,60-,63+,64+,65?,66?,67+,68+,69?,70?,73+,74+,77?,78?,83+,84+,87?,88?,89?,90?/m1/s1. The predicted molar refractivity (Wildman–Crippen MR) is 443 cm³/mol. The summed E-state index contributed by atoms with van der Waals surface area (Å²) in [4.78, 5) is 77.2. The number of benzene rings is 2. The lowest BCUT2D eigenvalue weighted by Gasteiger charge is -2.61. The molecule has 10 unspecified atom stereocenters. The number of carbonyl (C=O) groups excluding carboxylic acids is 6. The van der Waals surface area contributed by atoms with E-state index in [0.29, 0.717) is 119 Å². The van der Waals surface area contributed by atoms with Crippen molar-refractivity contribution in [1.29, 1.82) is 0 Å². The van der Waals surface area contributed by atoms with Gasteiger partial charge in [-0.25, -0.2) is 19.0 Å². The van der Waals surface area contributed by atoms with E-state index in [-0.39, 0.29) is 96.2 Å². The van der Waals surface area contributed by atoms with Gasteiger partial charge in [-0.2, -0.15) is 23.5 Å². The van der Waals surface area contributed by atoms with E-state index < -0.39 is 0 Å². The van der Waals surface area contributed by atoms with Gasteiger partial charge in [0.2, 0.25) is 0 Å². The van der Waals surface area contributed by atoms with Crippen LogP contribution in [0.2, 0.25) is 0 Å². The summed E-state index contributed by atoms with van der Waals surface area (Å²) in [6.45, 7) is 17.1. The zero-order chi connectivity index (χ0) is 78.8. The van der Waals surface area contributed by atoms with E-state index in [1.807, 2.05) is 35.9 Å². The maximum absolute atomic E-state index is 13.8. The monoisotopic (exact) mass is 1600 g/mol. The molecule has 8 saturated carbocycles. The van der Waals surface area contributed by atoms with Crippen molar-refractivity contribution in [2.45, 2.75) is 301 Å². The zero-order valence-electron chi connectivity index (χ0n) is 68.6. The second-order valence-electron chi connectivity index (χ2n) is 39.0. The van der Waals surface area contributed by atoms with E-state index in [0.717, 1.165) is 171 Å². The fourth-order valence-corrected chi connectivity index (χ4v) is 30.3. The largest absolute Gasteiger partial charge is 0.466 e. The van der Waals surface area contributed by atoms with E-state index in [2.05, 4.69) is 124 Å². The predicted octanol–water partition coefficient (Wildman–Crippen LogP) is 15.8. The van der Waals surface area contributed by atoms with Crippen LogP contribution >= 0.6 is 23.5 Å². The van der Waals surface area contributed by atoms with Crippen LogP contribution in [0.3, 0.4) is 0 Å². The number of carbonyl (C=O) groups is 6. The third-order valence-corrected chi connectivity index (χ3v) is 36.1. The number of nitrogens with one attached hydrogen (secondary N) is 4. The number of amides is 4. The molecule has 7 heterocycles. The van der Waals surface area contributed by atoms with Gasteiger partial charge in [0.1, 0.15) is 36.7 Å². The van der Waals surface area contributed by atoms with Crippen LogP contribution in [-0.4, -0.2) is 149 Å². The van der Waals surface area contributed by atoms with Crippen molar-refractivity contribution < 1.29 is 47.7 Å². The number of esters is 4. The molecule has 8 aliphatic carbocycles. The Labute approximate surface area is 682 Å². The van der Waals surface area contributed by atoms with Crippen molar-refractivity contribution in [3.05, 3.63) is 48.8 Å². The third-order valence-electron chi connectivity index (χ3n) is 33.1. The molecule has 4 aliphatic heterocycles. The van der Waals surface area contributed by atoms with Gasteiger partial charge in [-0.15, -0.1) is 10.2 Å². The van der Waals surface area contributed by atoms with Crippen LogP contribution in [0.1, 0.15) is 234 Å². The Bertz CT molecular complexity index is 4070. The lowest BCUT2D eigenvalue weighted by Crippen LogP contribution is -2.54. The first kappa shape index (κ1) is 80.0. The van der Waals surface area contributed by atoms with Crippen LogP contribution in [0.15, 0.2) is 48.8 Å². The van der Waals surface area contributed by atoms with Crippen molar-refractivity contribution in [2.24, 2.45) is 98.4 Å². The highest BCUT2D eigenvalue weighted by atomic mass is 32.2. The number of hydrogen-bond donors (Lipinski definition) is 5. The minimum atomic E-state index is -0.275. The zero-order valence-corrected chi connectivity index (χ0v) is 70.3. The normalized spacial score (nSPS) is 36.2. The van der Waals surface area contributed by atoms with Gasteiger partial charge < -0.3 is 50.5 Å². The van der Waals surface area contributed by atoms with Gasteiger partial charge in [-0.3, -0.25) is 19.2 Å². The molecule has 0 spiro atoms. The molecule has 24 heteroatoms. The maximum Gasteiger partial charge on any atom is 0.328 e. The first-order chi connectivity index (χ1) is 55.1. The van der Waals surface area contributed by atoms with E-state index in [1.54, 1.807) is 9.36 Å². The quantitative estimate of drug-likeness (QED) is 0.0124. The number of nitrogens with two attached hydrogens (primary N) is 1. The number of urea groups is 2. The molecule has 114 heavy (non-hydrogen) atoms. The third kappa shape index (κ3) is 15.8. The van der Waals surface area contributed by atoms with Crippen molar-refractivity contribution in [3.63, 3.8) is 0 Å². The van der Waals surface area contributed by atoms with Gasteiger partial charge in [0.25, 0.3) is 0 Å². The minimum Gasteiger partial charge on any atom is -0.466 e. The molecule has 0 radical (unpaired) electrons. The first-order valence-electron chi connectivity index (χ1n) is 44.8. The molecular formula is C90H128N12O10S2. The molecule has 24 atom stereocenters. The molecule has 4 saturated heterocycles. The fraction of sp³-hybridized carbons (Fsp3) is 0.756. The number of ether oxygens (including phenoxy) is 4. The number of fused-ring (bicyclic) bond motifs is 15. The van der Waals surface area contributed by atoms with E-state index in [4.69, 9.17) is 24.7 Å². The Morgan fingerprint density at radius 2 is 0.965 bits per heavy atom. The number of rotatable bonds is 30. The van der Waals surface area contributed by atoms with Crippen LogP contribution in [0.4, 0.5) is 9.59 Å². The molecule has 0 bridgehead atoms. The van der Waals surface area contributed by atoms with Crippen molar-refractivity contribution in [1.82, 2.24) is 55.8 Å². The SMILES string of the molecule is C[C@H](CCC(=O)OCCCCCC1SC[C@@H]2NC(=O)N[C@H]12)C1CC[C@H]2[C@@H]3CC[C@@H]4C[C@H](OC(=O)Cn5cc(-c6ccc7c8ccc(-c9cn(CC(=O)O[C@@H]%10CCC%11(C)C%12CCC%13(C)C([C@H](C)CCC(=O)OCCCCCC%14SC[C@@H]%15NC(=O)N[C@H]%14%15)CC[C@H]%13[C@@H]%12CC[C@H]%11C%10)nn9)cc8n(CCN)c7c6)nn5)CCC4(C)C3CCC12C. The summed E-state index contributed by atoms with van der Waals surface area (Å²) < 4.78 is 29.7. The highest BCUT2D eigenvalue weighted by Crippen LogP contribution is 2.71. The number of nitrogens with zero attached hydrogens (tertiary/aromatic N) is 7. The number of aromatic nitrogens is 7. The van der Waals surface area contributed by atoms with E-state index in [1.165, 1.54) is 77.0 Å². The summed E-state index contributed by atoms with van der Waals surface area (Å²) in [5.74, 6) is 8.92. The van der Waals surface area contributed by atoms with Crippen molar-refractivity contribution in [3.8, 4) is 22.5 Å². The molecule has 3 aromatic heterocycles. The van der Waals surface area contributed by atoms with Gasteiger partial charge in [-0.05, 0) is 259 Å². The summed E-state index contributed by atoms with van der Waals surface area (Å²) in [6.07, 6.45) is 35.3. The Morgan fingerprint density at radius 1 is 0.526 bits per heavy atom. The fourth-order valence-electron chi connectivity index (χ4n) is 27.3. The van der Waals surface area contributed by atoms with Crippen LogP contribution in [0.25, 0.3) is 44.3 Å². The number of thioether (sulfide) groups is 2. The molecule has 620 valence electrons. The minimum absolute atomic E-state index is 0.00689. The Morgan fingerprint density at radius 3 is 1.41 bits per heavy atom. The van der Waals surface area contributed by atoms with Gasteiger partial charge in [0.15, 0.2) is 0 Å². The Hall–Kier alpha value is -6.40. The summed E-state index contributed by atoms with van der Waals surface area (Å²) in [6, 6.07) is 13.6. The van der Waals surface area contributed by atoms with Crippen LogP contribution in [0.5, 0.6) is 0 Å². The van der Waals surface area contributed by atoms with Gasteiger partial charge >= 0.3 is 35.9 Å². The lowest BCUT2D eigenvalue weighted by molar-refractivity contribution is -0.164. The highest BCUT2D eigenvalue weighted by molar-refractivity contribution is 8.00. The second-order valence-corrected chi connectivity index (χ2v) is 41.5. The van der Waals surface area contributed by atoms with E-state index >= 15 is 0 Å². The molecule has 6 N–H and O–H groups in total. The molecule has 22 nitrogen and oxygen atoms in total. The molecule has 12 fully saturated rings. The Balaban J connectivity index is 0.441. The molecular weight excluding hydrogens is 1470 g/mol. The summed E-state index contributed by atoms with van der Waals surface area (Å²) in [5, 5.41) is 33.4. The van der Waals surface area contributed by atoms with Crippen LogP contribution in [0, 0.1) is 92.7 Å². The molecule has 12 aliphatic rings. The molecule has 17 rings (SSSR count). The van der Waals surface area contributed by atoms with Gasteiger partial charge in [-0.1, -0.05) is 102 Å². The summed E-state index contributed by atoms with van der Waals surface area (Å²) >= 11 is 3.91. The average Bonchev–Trinajstić information content (AvgIpc) is 1.39. The highest BCUT2D eigenvalue weighted by Gasteiger charge is 2.63. The maximum atomic E-state index is 13.8. The van der Waals surface area contributed by atoms with Crippen molar-refractivity contribution >= 4 is 81.3 Å². The average molecular weight is 1600 g/mol. The van der Waals surface area contributed by atoms with Crippen LogP contribution in [-0.2, 0) is 57.8 Å². The smallest absolute Gasteiger partial charge is 0.328 e. The molecule has 5 aromatic rings. The molecule has 4 amide bonds. The summed E-state index contributed by atoms with van der Waals surface area (Å²) in [7, 11) is 0. The summed E-state index contributed by atoms with van der Waals surface area (Å²) in [5.41, 5.74) is 12.6. The Kier molecular flexibility index (Phi) is 23.5. The lowest BCUT2D eigenvalue weighted by atomic mass is 9.44. The second kappa shape index (κ2) is 33.4. The van der Waals surface area contributed by atoms with Gasteiger partial charge in [0, 0.05) is 80.9 Å². The van der Waals surface area contributed by atoms with E-state index in [9.17, 15) is 28.8 Å². The number of unbranched alkanes of at least 4 members (excludes halogenated alkanes) is 4. The van der Waals surface area contributed by atoms with Crippen molar-refractivity contribution in [2.75, 3.05) is 31.3 Å². The molecule has 2 aromatic carbocycles. The first-order valence-corrected chi connectivity index (χ1v) is 46.9. The van der Waals surface area contributed by atoms with Gasteiger partial charge in [0.05, 0.1) is 49.8 Å². The van der Waals surface area contributed by atoms with Crippen LogP contribution < -0.4 is 27.0 Å². The topological polar surface area (TPSA) is 280 Å².